The Hall–Kier alpha value is -2.75. The van der Waals surface area contributed by atoms with E-state index in [-0.39, 0.29) is 12.3 Å². The minimum atomic E-state index is -4.80. The highest BCUT2D eigenvalue weighted by Gasteiger charge is 2.31. The van der Waals surface area contributed by atoms with E-state index >= 15 is 0 Å². The average molecular weight is 358 g/mol. The Morgan fingerprint density at radius 1 is 1.36 bits per heavy atom. The van der Waals surface area contributed by atoms with Gasteiger partial charge in [0.15, 0.2) is 0 Å². The number of carbonyl (C=O) groups is 1. The second-order valence-corrected chi connectivity index (χ2v) is 5.06. The molecule has 0 aliphatic rings. The third kappa shape index (κ3) is 5.68. The number of amides is 2. The fourth-order valence-electron chi connectivity index (χ4n) is 2.19. The number of nitrogens with one attached hydrogen (secondary N) is 2. The molecule has 0 aliphatic heterocycles. The Kier molecular flexibility index (Phi) is 5.86. The van der Waals surface area contributed by atoms with Crippen molar-refractivity contribution in [2.75, 3.05) is 19.0 Å². The van der Waals surface area contributed by atoms with Gasteiger partial charge in [0.1, 0.15) is 5.75 Å². The second-order valence-electron chi connectivity index (χ2n) is 5.06. The number of halogens is 3. The van der Waals surface area contributed by atoms with Gasteiger partial charge in [-0.2, -0.15) is 5.10 Å². The maximum Gasteiger partial charge on any atom is 0.573 e. The first kappa shape index (κ1) is 18.6. The lowest BCUT2D eigenvalue weighted by molar-refractivity contribution is -0.274. The molecule has 0 fully saturated rings. The quantitative estimate of drug-likeness (QED) is 0.832. The monoisotopic (exact) mass is 358 g/mol. The number of ether oxygens (including phenoxy) is 2. The van der Waals surface area contributed by atoms with Gasteiger partial charge in [0.25, 0.3) is 0 Å². The number of aromatic nitrogens is 2. The zero-order chi connectivity index (χ0) is 18.4. The van der Waals surface area contributed by atoms with Crippen molar-refractivity contribution < 1.29 is 27.4 Å². The number of urea groups is 1. The van der Waals surface area contributed by atoms with E-state index < -0.39 is 24.2 Å². The highest BCUT2D eigenvalue weighted by Crippen LogP contribution is 2.25. The van der Waals surface area contributed by atoms with Crippen LogP contribution in [-0.2, 0) is 11.8 Å². The Labute approximate surface area is 141 Å². The first-order valence-corrected chi connectivity index (χ1v) is 7.18. The lowest BCUT2D eigenvalue weighted by Gasteiger charge is -2.19. The predicted molar refractivity (Wildman–Crippen MR) is 83.1 cm³/mol. The van der Waals surface area contributed by atoms with Crippen molar-refractivity contribution >= 4 is 11.7 Å². The Balaban J connectivity index is 2.03. The predicted octanol–water partition coefficient (Wildman–Crippen LogP) is 2.83. The summed E-state index contributed by atoms with van der Waals surface area (Å²) >= 11 is 0. The maximum absolute atomic E-state index is 12.2. The molecule has 2 N–H and O–H groups in total. The summed E-state index contributed by atoms with van der Waals surface area (Å²) in [6.45, 7) is 0.199. The third-order valence-corrected chi connectivity index (χ3v) is 3.18. The molecule has 1 aromatic heterocycles. The Bertz CT molecular complexity index is 718. The SMILES string of the molecule is COC[C@H](NC(=O)Nc1cccc(OC(F)(F)F)c1)c1ccnn1C. The summed E-state index contributed by atoms with van der Waals surface area (Å²) in [5.41, 5.74) is 0.867. The van der Waals surface area contributed by atoms with Gasteiger partial charge in [0, 0.05) is 32.1 Å². The number of rotatable bonds is 6. The largest absolute Gasteiger partial charge is 0.573 e. The molecule has 2 rings (SSSR count). The van der Waals surface area contributed by atoms with Gasteiger partial charge in [-0.25, -0.2) is 4.79 Å². The molecule has 2 amide bonds. The van der Waals surface area contributed by atoms with E-state index in [1.54, 1.807) is 24.0 Å². The van der Waals surface area contributed by atoms with E-state index in [9.17, 15) is 18.0 Å². The molecule has 2 aromatic rings. The summed E-state index contributed by atoms with van der Waals surface area (Å²) < 4.78 is 47.2. The van der Waals surface area contributed by atoms with Crippen LogP contribution >= 0.6 is 0 Å². The van der Waals surface area contributed by atoms with Gasteiger partial charge >= 0.3 is 12.4 Å². The number of alkyl halides is 3. The fourth-order valence-corrected chi connectivity index (χ4v) is 2.19. The topological polar surface area (TPSA) is 77.4 Å². The molecule has 0 bridgehead atoms. The van der Waals surface area contributed by atoms with E-state index in [4.69, 9.17) is 4.74 Å². The molecule has 10 heteroatoms. The number of aryl methyl sites for hydroxylation is 1. The molecule has 0 radical (unpaired) electrons. The van der Waals surface area contributed by atoms with Gasteiger partial charge in [-0.15, -0.1) is 13.2 Å². The molecule has 0 unspecified atom stereocenters. The molecule has 1 heterocycles. The molecule has 0 spiro atoms. The van der Waals surface area contributed by atoms with Crippen LogP contribution in [0.15, 0.2) is 36.5 Å². The molecule has 25 heavy (non-hydrogen) atoms. The molecule has 1 aromatic carbocycles. The van der Waals surface area contributed by atoms with Gasteiger partial charge in [0.05, 0.1) is 18.3 Å². The smallest absolute Gasteiger partial charge is 0.406 e. The normalized spacial score (nSPS) is 12.5. The van der Waals surface area contributed by atoms with Gasteiger partial charge in [-0.3, -0.25) is 4.68 Å². The number of anilines is 1. The van der Waals surface area contributed by atoms with Crippen molar-refractivity contribution in [3.63, 3.8) is 0 Å². The highest BCUT2D eigenvalue weighted by molar-refractivity contribution is 5.89. The first-order valence-electron chi connectivity index (χ1n) is 7.18. The maximum atomic E-state index is 12.2. The van der Waals surface area contributed by atoms with E-state index in [0.29, 0.717) is 5.69 Å². The van der Waals surface area contributed by atoms with Crippen molar-refractivity contribution in [3.8, 4) is 5.75 Å². The Morgan fingerprint density at radius 3 is 2.72 bits per heavy atom. The molecule has 136 valence electrons. The molecule has 0 saturated carbocycles. The van der Waals surface area contributed by atoms with Crippen LogP contribution in [0.5, 0.6) is 5.75 Å². The third-order valence-electron chi connectivity index (χ3n) is 3.18. The van der Waals surface area contributed by atoms with Crippen LogP contribution in [0.4, 0.5) is 23.7 Å². The Morgan fingerprint density at radius 2 is 2.12 bits per heavy atom. The number of hydrogen-bond acceptors (Lipinski definition) is 4. The number of methoxy groups -OCH3 is 1. The van der Waals surface area contributed by atoms with Crippen molar-refractivity contribution in [1.82, 2.24) is 15.1 Å². The van der Waals surface area contributed by atoms with Gasteiger partial charge in [-0.1, -0.05) is 6.07 Å². The minimum Gasteiger partial charge on any atom is -0.406 e. The standard InChI is InChI=1S/C15H17F3N4O3/c1-22-13(6-7-19-22)12(9-24-2)21-14(23)20-10-4-3-5-11(8-10)25-15(16,17)18/h3-8,12H,9H2,1-2H3,(H2,20,21,23)/t12-/m0/s1. The van der Waals surface area contributed by atoms with Gasteiger partial charge in [-0.05, 0) is 18.2 Å². The fraction of sp³-hybridized carbons (Fsp3) is 0.333. The van der Waals surface area contributed by atoms with Crippen LogP contribution in [0, 0.1) is 0 Å². The molecule has 0 saturated heterocycles. The van der Waals surface area contributed by atoms with E-state index in [1.807, 2.05) is 0 Å². The summed E-state index contributed by atoms with van der Waals surface area (Å²) in [5, 5.41) is 9.16. The minimum absolute atomic E-state index is 0.153. The number of carbonyl (C=O) groups excluding carboxylic acids is 1. The van der Waals surface area contributed by atoms with Crippen molar-refractivity contribution in [1.29, 1.82) is 0 Å². The van der Waals surface area contributed by atoms with Crippen LogP contribution < -0.4 is 15.4 Å². The van der Waals surface area contributed by atoms with Crippen molar-refractivity contribution in [2.24, 2.45) is 7.05 Å². The zero-order valence-electron chi connectivity index (χ0n) is 13.5. The summed E-state index contributed by atoms with van der Waals surface area (Å²) in [7, 11) is 3.20. The lowest BCUT2D eigenvalue weighted by atomic mass is 10.2. The zero-order valence-corrected chi connectivity index (χ0v) is 13.5. The van der Waals surface area contributed by atoms with Crippen LogP contribution in [0.1, 0.15) is 11.7 Å². The number of hydrogen-bond donors (Lipinski definition) is 2. The van der Waals surface area contributed by atoms with Crippen LogP contribution in [0.25, 0.3) is 0 Å². The van der Waals surface area contributed by atoms with Crippen LogP contribution in [0.2, 0.25) is 0 Å². The van der Waals surface area contributed by atoms with Gasteiger partial charge in [0.2, 0.25) is 0 Å². The van der Waals surface area contributed by atoms with Crippen LogP contribution in [0.3, 0.4) is 0 Å². The highest BCUT2D eigenvalue weighted by atomic mass is 19.4. The number of benzene rings is 1. The molecule has 1 atom stereocenters. The molecule has 7 nitrogen and oxygen atoms in total. The molecular weight excluding hydrogens is 341 g/mol. The number of nitrogens with zero attached hydrogens (tertiary/aromatic N) is 2. The first-order chi connectivity index (χ1) is 11.8. The van der Waals surface area contributed by atoms with E-state index in [1.165, 1.54) is 19.2 Å². The van der Waals surface area contributed by atoms with Crippen molar-refractivity contribution in [3.05, 3.63) is 42.2 Å². The second kappa shape index (κ2) is 7.88. The molecule has 0 aliphatic carbocycles. The summed E-state index contributed by atoms with van der Waals surface area (Å²) in [6.07, 6.45) is -3.22. The summed E-state index contributed by atoms with van der Waals surface area (Å²) in [4.78, 5) is 12.1. The average Bonchev–Trinajstić information content (AvgIpc) is 2.91. The van der Waals surface area contributed by atoms with Gasteiger partial charge < -0.3 is 20.1 Å². The van der Waals surface area contributed by atoms with E-state index in [0.717, 1.165) is 12.1 Å². The van der Waals surface area contributed by atoms with Crippen LogP contribution in [-0.4, -0.2) is 35.9 Å². The van der Waals surface area contributed by atoms with E-state index in [2.05, 4.69) is 20.5 Å². The van der Waals surface area contributed by atoms with Crippen molar-refractivity contribution in [2.45, 2.75) is 12.4 Å². The summed E-state index contributed by atoms with van der Waals surface area (Å²) in [5.74, 6) is -0.426. The molecular formula is C15H17F3N4O3. The lowest BCUT2D eigenvalue weighted by Crippen LogP contribution is -2.35. The summed E-state index contributed by atoms with van der Waals surface area (Å²) in [6, 6.07) is 5.63.